The largest absolute Gasteiger partial charge is 0.342 e. The summed E-state index contributed by atoms with van der Waals surface area (Å²) in [6.45, 7) is 5.19. The predicted octanol–water partition coefficient (Wildman–Crippen LogP) is 2.65. The molecule has 23 heavy (non-hydrogen) atoms. The van der Waals surface area contributed by atoms with Gasteiger partial charge in [-0.1, -0.05) is 6.07 Å². The van der Waals surface area contributed by atoms with Gasteiger partial charge in [0.15, 0.2) is 0 Å². The number of piperidine rings is 1. The Labute approximate surface area is 136 Å². The molecule has 6 nitrogen and oxygen atoms in total. The number of hydrogen-bond donors (Lipinski definition) is 1. The maximum absolute atomic E-state index is 11.6. The average Bonchev–Trinajstić information content (AvgIpc) is 2.57. The molecule has 1 aliphatic rings. The van der Waals surface area contributed by atoms with Gasteiger partial charge in [0, 0.05) is 38.3 Å². The van der Waals surface area contributed by atoms with E-state index >= 15 is 0 Å². The summed E-state index contributed by atoms with van der Waals surface area (Å²) in [6.07, 6.45) is 5.61. The quantitative estimate of drug-likeness (QED) is 0.943. The van der Waals surface area contributed by atoms with Crippen LogP contribution in [0.15, 0.2) is 30.6 Å². The Bertz CT molecular complexity index is 686. The fourth-order valence-electron chi connectivity index (χ4n) is 2.82. The molecule has 0 aliphatic carbocycles. The van der Waals surface area contributed by atoms with Gasteiger partial charge in [-0.25, -0.2) is 15.0 Å². The maximum atomic E-state index is 11.6. The summed E-state index contributed by atoms with van der Waals surface area (Å²) in [4.78, 5) is 26.7. The van der Waals surface area contributed by atoms with Gasteiger partial charge in [0.25, 0.3) is 0 Å². The lowest BCUT2D eigenvalue weighted by molar-refractivity contribution is -0.130. The minimum Gasteiger partial charge on any atom is -0.342 e. The second kappa shape index (κ2) is 6.73. The molecular formula is C17H21N5O. The van der Waals surface area contributed by atoms with E-state index in [1.165, 1.54) is 0 Å². The van der Waals surface area contributed by atoms with Crippen LogP contribution in [0.5, 0.6) is 0 Å². The Morgan fingerprint density at radius 2 is 2.17 bits per heavy atom. The lowest BCUT2D eigenvalue weighted by Gasteiger charge is -2.31. The van der Waals surface area contributed by atoms with Crippen LogP contribution in [-0.4, -0.2) is 38.8 Å². The van der Waals surface area contributed by atoms with Crippen molar-refractivity contribution in [1.82, 2.24) is 19.9 Å². The van der Waals surface area contributed by atoms with Crippen LogP contribution in [0.25, 0.3) is 0 Å². The summed E-state index contributed by atoms with van der Waals surface area (Å²) < 4.78 is 0. The van der Waals surface area contributed by atoms with Crippen LogP contribution in [0.3, 0.4) is 0 Å². The number of carbonyl (C=O) groups excluding carboxylic acids is 1. The number of amides is 1. The van der Waals surface area contributed by atoms with Gasteiger partial charge in [0.2, 0.25) is 11.9 Å². The zero-order valence-corrected chi connectivity index (χ0v) is 13.5. The number of anilines is 2. The van der Waals surface area contributed by atoms with Gasteiger partial charge in [0.05, 0.1) is 5.69 Å². The van der Waals surface area contributed by atoms with Gasteiger partial charge >= 0.3 is 0 Å². The van der Waals surface area contributed by atoms with Crippen LogP contribution in [0.4, 0.5) is 11.8 Å². The predicted molar refractivity (Wildman–Crippen MR) is 88.5 cm³/mol. The Balaban J connectivity index is 1.74. The van der Waals surface area contributed by atoms with Gasteiger partial charge in [-0.05, 0) is 37.5 Å². The van der Waals surface area contributed by atoms with Crippen molar-refractivity contribution < 1.29 is 4.79 Å². The highest BCUT2D eigenvalue weighted by Gasteiger charge is 2.24. The number of hydrogen-bond acceptors (Lipinski definition) is 5. The molecule has 120 valence electrons. The molecule has 1 atom stereocenters. The van der Waals surface area contributed by atoms with E-state index in [4.69, 9.17) is 0 Å². The first kappa shape index (κ1) is 15.4. The Hall–Kier alpha value is -2.50. The number of pyridine rings is 1. The van der Waals surface area contributed by atoms with E-state index in [2.05, 4.69) is 20.3 Å². The molecule has 6 heteroatoms. The molecule has 3 rings (SSSR count). The third-order valence-corrected chi connectivity index (χ3v) is 4.11. The van der Waals surface area contributed by atoms with Gasteiger partial charge < -0.3 is 10.2 Å². The van der Waals surface area contributed by atoms with Crippen molar-refractivity contribution in [2.24, 2.45) is 0 Å². The summed E-state index contributed by atoms with van der Waals surface area (Å²) in [5.74, 6) is 1.66. The molecule has 1 fully saturated rings. The first-order chi connectivity index (χ1) is 11.1. The zero-order chi connectivity index (χ0) is 16.2. The molecule has 1 amide bonds. The van der Waals surface area contributed by atoms with Crippen molar-refractivity contribution in [2.45, 2.75) is 32.6 Å². The minimum absolute atomic E-state index is 0.131. The molecule has 2 aromatic rings. The van der Waals surface area contributed by atoms with Gasteiger partial charge in [-0.15, -0.1) is 0 Å². The van der Waals surface area contributed by atoms with E-state index in [1.54, 1.807) is 19.3 Å². The second-order valence-electron chi connectivity index (χ2n) is 5.96. The number of aromatic nitrogens is 3. The minimum atomic E-state index is 0.131. The van der Waals surface area contributed by atoms with Crippen molar-refractivity contribution in [1.29, 1.82) is 0 Å². The molecule has 0 aromatic carbocycles. The molecule has 1 saturated heterocycles. The van der Waals surface area contributed by atoms with Crippen LogP contribution < -0.4 is 5.32 Å². The van der Waals surface area contributed by atoms with E-state index in [9.17, 15) is 4.79 Å². The fourth-order valence-corrected chi connectivity index (χ4v) is 2.82. The van der Waals surface area contributed by atoms with E-state index in [0.717, 1.165) is 43.0 Å². The molecule has 1 aliphatic heterocycles. The summed E-state index contributed by atoms with van der Waals surface area (Å²) in [6, 6.07) is 5.83. The molecule has 0 unspecified atom stereocenters. The molecule has 0 spiro atoms. The Kier molecular flexibility index (Phi) is 4.50. The Morgan fingerprint density at radius 1 is 1.30 bits per heavy atom. The van der Waals surface area contributed by atoms with Crippen LogP contribution in [0.1, 0.15) is 36.9 Å². The lowest BCUT2D eigenvalue weighted by Crippen LogP contribution is -2.37. The van der Waals surface area contributed by atoms with Crippen molar-refractivity contribution >= 4 is 17.7 Å². The monoisotopic (exact) mass is 311 g/mol. The molecule has 2 aromatic heterocycles. The lowest BCUT2D eigenvalue weighted by atomic mass is 9.94. The summed E-state index contributed by atoms with van der Waals surface area (Å²) >= 11 is 0. The highest BCUT2D eigenvalue weighted by atomic mass is 16.2. The molecule has 3 heterocycles. The van der Waals surface area contributed by atoms with E-state index in [1.807, 2.05) is 30.0 Å². The maximum Gasteiger partial charge on any atom is 0.228 e. The highest BCUT2D eigenvalue weighted by Crippen LogP contribution is 2.26. The molecule has 0 bridgehead atoms. The van der Waals surface area contributed by atoms with Crippen molar-refractivity contribution in [3.63, 3.8) is 0 Å². The average molecular weight is 311 g/mol. The SMILES string of the molecule is CC(=O)N1CCC[C@@H](c2ccnc(Nc3ccc(C)cn3)n2)C1. The van der Waals surface area contributed by atoms with Crippen molar-refractivity contribution in [3.8, 4) is 0 Å². The number of aryl methyl sites for hydroxylation is 1. The summed E-state index contributed by atoms with van der Waals surface area (Å²) in [7, 11) is 0. The van der Waals surface area contributed by atoms with Crippen LogP contribution in [0.2, 0.25) is 0 Å². The van der Waals surface area contributed by atoms with Crippen molar-refractivity contribution in [3.05, 3.63) is 41.9 Å². The highest BCUT2D eigenvalue weighted by molar-refractivity contribution is 5.73. The molecule has 0 saturated carbocycles. The number of rotatable bonds is 3. The summed E-state index contributed by atoms with van der Waals surface area (Å²) in [5, 5.41) is 3.13. The normalized spacial score (nSPS) is 17.8. The third-order valence-electron chi connectivity index (χ3n) is 4.11. The Morgan fingerprint density at radius 3 is 2.91 bits per heavy atom. The van der Waals surface area contributed by atoms with Crippen molar-refractivity contribution in [2.75, 3.05) is 18.4 Å². The smallest absolute Gasteiger partial charge is 0.228 e. The summed E-state index contributed by atoms with van der Waals surface area (Å²) in [5.41, 5.74) is 2.08. The van der Waals surface area contributed by atoms with Gasteiger partial charge in [0.1, 0.15) is 5.82 Å². The zero-order valence-electron chi connectivity index (χ0n) is 13.5. The first-order valence-electron chi connectivity index (χ1n) is 7.90. The molecule has 0 radical (unpaired) electrons. The van der Waals surface area contributed by atoms with Crippen LogP contribution in [-0.2, 0) is 4.79 Å². The van der Waals surface area contributed by atoms with Gasteiger partial charge in [-0.2, -0.15) is 0 Å². The number of likely N-dealkylation sites (tertiary alicyclic amines) is 1. The molecular weight excluding hydrogens is 290 g/mol. The number of nitrogens with zero attached hydrogens (tertiary/aromatic N) is 4. The van der Waals surface area contributed by atoms with E-state index < -0.39 is 0 Å². The van der Waals surface area contributed by atoms with E-state index in [-0.39, 0.29) is 11.8 Å². The first-order valence-corrected chi connectivity index (χ1v) is 7.90. The standard InChI is InChI=1S/C17H21N5O/c1-12-5-6-16(19-10-12)21-17-18-8-7-15(20-17)14-4-3-9-22(11-14)13(2)23/h5-8,10,14H,3-4,9,11H2,1-2H3,(H,18,19,20,21)/t14-/m1/s1. The van der Waals surface area contributed by atoms with E-state index in [0.29, 0.717) is 5.95 Å². The second-order valence-corrected chi connectivity index (χ2v) is 5.96. The fraction of sp³-hybridized carbons (Fsp3) is 0.412. The number of carbonyl (C=O) groups is 1. The van der Waals surface area contributed by atoms with Gasteiger partial charge in [-0.3, -0.25) is 4.79 Å². The van der Waals surface area contributed by atoms with Crippen LogP contribution >= 0.6 is 0 Å². The van der Waals surface area contributed by atoms with Crippen LogP contribution in [0, 0.1) is 6.92 Å². The molecule has 1 N–H and O–H groups in total. The number of nitrogens with one attached hydrogen (secondary N) is 1. The topological polar surface area (TPSA) is 71.0 Å². The third kappa shape index (κ3) is 3.83.